The third-order valence-corrected chi connectivity index (χ3v) is 14.3. The Morgan fingerprint density at radius 2 is 1.73 bits per heavy atom. The fourth-order valence-corrected chi connectivity index (χ4v) is 11.7. The summed E-state index contributed by atoms with van der Waals surface area (Å²) in [5.41, 5.74) is 8.17. The average Bonchev–Trinajstić information content (AvgIpc) is 3.27. The maximum absolute atomic E-state index is 11.5. The molecule has 0 aromatic heterocycles. The van der Waals surface area contributed by atoms with Gasteiger partial charge in [0.15, 0.2) is 0 Å². The van der Waals surface area contributed by atoms with Gasteiger partial charge in [0, 0.05) is 0 Å². The van der Waals surface area contributed by atoms with Crippen LogP contribution in [0.25, 0.3) is 21.5 Å². The van der Waals surface area contributed by atoms with Gasteiger partial charge in [0.25, 0.3) is 0 Å². The van der Waals surface area contributed by atoms with Gasteiger partial charge in [-0.25, -0.2) is 0 Å². The summed E-state index contributed by atoms with van der Waals surface area (Å²) < 4.78 is 2.55. The van der Waals surface area contributed by atoms with E-state index in [1.165, 1.54) is 66.6 Å². The predicted molar refractivity (Wildman–Crippen MR) is 201 cm³/mol. The van der Waals surface area contributed by atoms with Crippen molar-refractivity contribution in [3.63, 3.8) is 0 Å². The molecule has 4 nitrogen and oxygen atoms in total. The number of carboxylic acid groups (broad SMARTS) is 1. The molecule has 3 N–H and O–H groups in total. The molecule has 252 valence electrons. The van der Waals surface area contributed by atoms with Crippen LogP contribution in [0.4, 0.5) is 11.4 Å². The number of carboxylic acids is 1. The van der Waals surface area contributed by atoms with Crippen LogP contribution < -0.4 is 31.4 Å². The second kappa shape index (κ2) is 14.4. The number of rotatable bonds is 11. The molecule has 1 aliphatic carbocycles. The van der Waals surface area contributed by atoms with Crippen LogP contribution in [0.5, 0.6) is 0 Å². The van der Waals surface area contributed by atoms with Crippen molar-refractivity contribution in [1.82, 2.24) is 0 Å². The monoisotopic (exact) mass is 772 g/mol. The molecule has 6 rings (SSSR count). The van der Waals surface area contributed by atoms with E-state index in [1.54, 1.807) is 11.8 Å². The van der Waals surface area contributed by atoms with Crippen LogP contribution in [0.1, 0.15) is 70.9 Å². The number of allylic oxidation sites excluding steroid dienone is 5. The molecule has 6 heteroatoms. The molecule has 0 bridgehead atoms. The molecule has 0 amide bonds. The Kier molecular flexibility index (Phi) is 10.4. The fraction of sp³-hybridized carbons (Fsp3) is 0.357. The van der Waals surface area contributed by atoms with Gasteiger partial charge < -0.3 is 0 Å². The third kappa shape index (κ3) is 6.86. The normalized spacial score (nSPS) is 18.9. The van der Waals surface area contributed by atoms with Crippen LogP contribution in [0, 0.1) is 5.92 Å². The summed E-state index contributed by atoms with van der Waals surface area (Å²) in [6.45, 7) is 9.55. The zero-order valence-electron chi connectivity index (χ0n) is 29.1. The molecule has 1 aliphatic heterocycles. The number of halogens is 1. The number of nitrogens with two attached hydrogens (primary N) is 1. The second-order valence-corrected chi connectivity index (χ2v) is 19.3. The molecule has 0 radical (unpaired) electrons. The summed E-state index contributed by atoms with van der Waals surface area (Å²) in [5, 5.41) is 17.0. The van der Waals surface area contributed by atoms with E-state index in [4.69, 9.17) is 0 Å². The Morgan fingerprint density at radius 1 is 1.04 bits per heavy atom. The Bertz CT molecular complexity index is 1940. The van der Waals surface area contributed by atoms with Crippen molar-refractivity contribution < 1.29 is 36.4 Å². The van der Waals surface area contributed by atoms with Crippen LogP contribution in [-0.2, 0) is 13.6 Å². The van der Waals surface area contributed by atoms with Crippen LogP contribution in [0.15, 0.2) is 105 Å². The molecule has 1 atom stereocenters. The zero-order chi connectivity index (χ0) is 34.1. The first-order valence-electron chi connectivity index (χ1n) is 17.2. The maximum atomic E-state index is 11.5. The number of aliphatic carboxylic acids is 1. The van der Waals surface area contributed by atoms with Gasteiger partial charge in [-0.3, -0.25) is 0 Å². The van der Waals surface area contributed by atoms with E-state index in [2.05, 4.69) is 141 Å². The van der Waals surface area contributed by atoms with Gasteiger partial charge >= 0.3 is 285 Å². The average molecular weight is 773 g/mol. The third-order valence-electron chi connectivity index (χ3n) is 10.2. The van der Waals surface area contributed by atoms with E-state index < -0.39 is 5.97 Å². The SMILES string of the molecule is C[NH2+]c1ccc2ccccc2c1C(C)(C)[I-]C=CC1=C(SCCC(=O)O)C(CC=C2N(C)c3ccc4ccccc4c3C2(C)C)CCC1. The minimum absolute atomic E-state index is 0.0611. The van der Waals surface area contributed by atoms with Crippen molar-refractivity contribution in [3.05, 3.63) is 116 Å². The van der Waals surface area contributed by atoms with Crippen molar-refractivity contribution in [1.29, 1.82) is 0 Å². The molecule has 1 unspecified atom stereocenters. The first kappa shape index (κ1) is 34.8. The number of alkyl halides is 1. The molecular weight excluding hydrogens is 723 g/mol. The predicted octanol–water partition coefficient (Wildman–Crippen LogP) is 6.62. The molecule has 1 heterocycles. The number of nitrogens with zero attached hydrogens (tertiary/aromatic N) is 1. The number of quaternary nitrogens is 1. The summed E-state index contributed by atoms with van der Waals surface area (Å²) in [4.78, 5) is 15.3. The van der Waals surface area contributed by atoms with Gasteiger partial charge in [0.1, 0.15) is 0 Å². The summed E-state index contributed by atoms with van der Waals surface area (Å²) in [6.07, 6.45) is 9.44. The van der Waals surface area contributed by atoms with Crippen molar-refractivity contribution in [2.24, 2.45) is 5.92 Å². The molecule has 4 aromatic carbocycles. The second-order valence-electron chi connectivity index (χ2n) is 14.1. The van der Waals surface area contributed by atoms with Gasteiger partial charge in [-0.1, -0.05) is 18.2 Å². The number of benzene rings is 4. The van der Waals surface area contributed by atoms with Crippen molar-refractivity contribution in [3.8, 4) is 0 Å². The van der Waals surface area contributed by atoms with Crippen molar-refractivity contribution in [2.45, 2.75) is 68.6 Å². The Morgan fingerprint density at radius 3 is 2.46 bits per heavy atom. The fourth-order valence-electron chi connectivity index (χ4n) is 7.94. The van der Waals surface area contributed by atoms with Crippen LogP contribution >= 0.6 is 11.8 Å². The van der Waals surface area contributed by atoms with Gasteiger partial charge in [-0.05, 0) is 0 Å². The van der Waals surface area contributed by atoms with Crippen LogP contribution in [0.3, 0.4) is 0 Å². The van der Waals surface area contributed by atoms with Crippen LogP contribution in [-0.4, -0.2) is 30.9 Å². The zero-order valence-corrected chi connectivity index (χ0v) is 32.1. The summed E-state index contributed by atoms with van der Waals surface area (Å²) >= 11 is 1.47. The van der Waals surface area contributed by atoms with E-state index in [-0.39, 0.29) is 36.5 Å². The number of carbonyl (C=O) groups is 1. The van der Waals surface area contributed by atoms with Crippen molar-refractivity contribution >= 4 is 50.7 Å². The number of fused-ring (bicyclic) bond motifs is 4. The van der Waals surface area contributed by atoms with E-state index in [9.17, 15) is 9.90 Å². The molecule has 48 heavy (non-hydrogen) atoms. The summed E-state index contributed by atoms with van der Waals surface area (Å²) in [6, 6.07) is 26.6. The number of hydrogen-bond acceptors (Lipinski definition) is 3. The number of likely N-dealkylation sites (N-methyl/N-ethyl adjacent to an activating group) is 1. The first-order valence-corrected chi connectivity index (χ1v) is 20.5. The molecular formula is C42H49IN2O2S. The Labute approximate surface area is 301 Å². The summed E-state index contributed by atoms with van der Waals surface area (Å²) in [5.74, 6) is 0.296. The van der Waals surface area contributed by atoms with Crippen LogP contribution in [0.2, 0.25) is 0 Å². The summed E-state index contributed by atoms with van der Waals surface area (Å²) in [7, 11) is 4.36. The van der Waals surface area contributed by atoms with Crippen molar-refractivity contribution in [2.75, 3.05) is 24.7 Å². The van der Waals surface area contributed by atoms with Gasteiger partial charge in [-0.2, -0.15) is 0 Å². The standard InChI is InChI=1S/C42H48IN2O2S/c1-41(2)36(45(6)35-22-19-29-13-8-10-17-33(29)39(35)41)23-20-30-14-11-15-31(40(30)48-27-25-37(46)47)24-26-43-42(3,4)38-32-16-9-7-12-28(32)18-21-34(38)44-5/h7-10,12-13,16-19,21-24,26,30,44H,11,14-15,20,25,27H2,1-6H3,(H,46,47)/q-1/p+1. The molecule has 0 spiro atoms. The van der Waals surface area contributed by atoms with E-state index in [1.807, 2.05) is 0 Å². The van der Waals surface area contributed by atoms with Gasteiger partial charge in [0.2, 0.25) is 0 Å². The first-order chi connectivity index (χ1) is 23.0. The number of thioether (sulfide) groups is 1. The molecule has 0 saturated carbocycles. The molecule has 4 aromatic rings. The topological polar surface area (TPSA) is 57.1 Å². The number of hydrogen-bond donors (Lipinski definition) is 2. The van der Waals surface area contributed by atoms with E-state index in [0.717, 1.165) is 19.3 Å². The van der Waals surface area contributed by atoms with Gasteiger partial charge in [0.05, 0.1) is 0 Å². The number of anilines is 1. The Hall–Kier alpha value is -3.07. The molecule has 0 fully saturated rings. The molecule has 2 aliphatic rings. The minimum atomic E-state index is -0.722. The Balaban J connectivity index is 1.29. The quantitative estimate of drug-likeness (QED) is 0.102. The van der Waals surface area contributed by atoms with Gasteiger partial charge in [-0.15, -0.1) is 0 Å². The van der Waals surface area contributed by atoms with E-state index in [0.29, 0.717) is 11.7 Å². The van der Waals surface area contributed by atoms with E-state index >= 15 is 0 Å². The molecule has 0 saturated heterocycles.